The van der Waals surface area contributed by atoms with Crippen LogP contribution in [0.25, 0.3) is 0 Å². The predicted molar refractivity (Wildman–Crippen MR) is 135 cm³/mol. The summed E-state index contributed by atoms with van der Waals surface area (Å²) in [6.07, 6.45) is 7.79. The van der Waals surface area contributed by atoms with Crippen molar-refractivity contribution in [2.75, 3.05) is 7.05 Å². The monoisotopic (exact) mass is 536 g/mol. The smallest absolute Gasteiger partial charge is 0.213 e. The van der Waals surface area contributed by atoms with Gasteiger partial charge in [0.2, 0.25) is 5.89 Å². The molecule has 3 rings (SSSR count). The predicted octanol–water partition coefficient (Wildman–Crippen LogP) is 4.28. The highest BCUT2D eigenvalue weighted by Gasteiger charge is 2.19. The Morgan fingerprint density at radius 2 is 1.84 bits per heavy atom. The normalized spacial score (nSPS) is 11.8. The van der Waals surface area contributed by atoms with Crippen LogP contribution in [0.1, 0.15) is 50.2 Å². The van der Waals surface area contributed by atoms with Gasteiger partial charge < -0.3 is 19.6 Å². The van der Waals surface area contributed by atoms with Gasteiger partial charge in [0.25, 0.3) is 0 Å². The minimum atomic E-state index is -0.0528. The van der Waals surface area contributed by atoms with Crippen molar-refractivity contribution in [1.82, 2.24) is 25.2 Å². The Kier molecular flexibility index (Phi) is 9.54. The first-order chi connectivity index (χ1) is 14.5. The van der Waals surface area contributed by atoms with Crippen molar-refractivity contribution in [3.8, 4) is 0 Å². The summed E-state index contributed by atoms with van der Waals surface area (Å²) in [4.78, 5) is 13.1. The number of aromatic nitrogens is 3. The van der Waals surface area contributed by atoms with E-state index < -0.39 is 0 Å². The summed E-state index contributed by atoms with van der Waals surface area (Å²) in [6.45, 7) is 8.31. The molecule has 0 spiro atoms. The minimum absolute atomic E-state index is 0. The van der Waals surface area contributed by atoms with Crippen LogP contribution in [0.3, 0.4) is 0 Å². The molecule has 0 saturated carbocycles. The van der Waals surface area contributed by atoms with Crippen molar-refractivity contribution < 1.29 is 4.42 Å². The quantitative estimate of drug-likeness (QED) is 0.255. The van der Waals surface area contributed by atoms with Crippen LogP contribution in [0, 0.1) is 0 Å². The first kappa shape index (κ1) is 24.9. The molecule has 1 aromatic carbocycles. The van der Waals surface area contributed by atoms with Gasteiger partial charge in [-0.25, -0.2) is 9.97 Å². The third-order valence-electron chi connectivity index (χ3n) is 4.85. The van der Waals surface area contributed by atoms with E-state index in [-0.39, 0.29) is 29.4 Å². The number of halogens is 1. The number of aliphatic imine (C=N–C) groups is 1. The van der Waals surface area contributed by atoms with E-state index in [1.54, 1.807) is 13.2 Å². The molecule has 0 atom stereocenters. The molecule has 0 radical (unpaired) electrons. The van der Waals surface area contributed by atoms with Crippen molar-refractivity contribution in [3.05, 3.63) is 72.0 Å². The van der Waals surface area contributed by atoms with E-state index in [0.29, 0.717) is 24.9 Å². The van der Waals surface area contributed by atoms with Crippen molar-refractivity contribution in [1.29, 1.82) is 0 Å². The summed E-state index contributed by atoms with van der Waals surface area (Å²) in [6, 6.07) is 10.6. The molecule has 2 N–H and O–H groups in total. The molecule has 0 saturated heterocycles. The number of rotatable bonds is 8. The number of hydrogen-bond acceptors (Lipinski definition) is 4. The molecule has 0 aliphatic carbocycles. The molecule has 3 aromatic rings. The zero-order valence-electron chi connectivity index (χ0n) is 18.8. The molecule has 0 unspecified atom stereocenters. The van der Waals surface area contributed by atoms with Crippen molar-refractivity contribution in [2.24, 2.45) is 4.99 Å². The highest BCUT2D eigenvalue weighted by Crippen LogP contribution is 2.22. The van der Waals surface area contributed by atoms with Crippen molar-refractivity contribution >= 4 is 29.9 Å². The maximum atomic E-state index is 5.82. The highest BCUT2D eigenvalue weighted by molar-refractivity contribution is 14.0. The Balaban J connectivity index is 0.00000341. The van der Waals surface area contributed by atoms with Gasteiger partial charge in [-0.1, -0.05) is 51.1 Å². The van der Waals surface area contributed by atoms with E-state index in [1.807, 2.05) is 12.4 Å². The second-order valence-corrected chi connectivity index (χ2v) is 8.27. The Hall–Kier alpha value is -2.36. The SMILES string of the molecule is CN=C(NCc1ncc(C(C)(C)C)o1)NCc1nccn1CCCc1ccccc1.I. The fourth-order valence-electron chi connectivity index (χ4n) is 3.09. The van der Waals surface area contributed by atoms with Crippen molar-refractivity contribution in [2.45, 2.75) is 58.7 Å². The maximum Gasteiger partial charge on any atom is 0.213 e. The van der Waals surface area contributed by atoms with E-state index in [2.05, 4.69) is 81.3 Å². The Morgan fingerprint density at radius 1 is 1.10 bits per heavy atom. The third-order valence-corrected chi connectivity index (χ3v) is 4.85. The fraction of sp³-hybridized carbons (Fsp3) is 0.435. The largest absolute Gasteiger partial charge is 0.443 e. The van der Waals surface area contributed by atoms with Crippen LogP contribution in [-0.4, -0.2) is 27.5 Å². The van der Waals surface area contributed by atoms with Crippen LogP contribution in [0.15, 0.2) is 58.3 Å². The summed E-state index contributed by atoms with van der Waals surface area (Å²) < 4.78 is 8.01. The van der Waals surface area contributed by atoms with Crippen LogP contribution >= 0.6 is 24.0 Å². The van der Waals surface area contributed by atoms with Gasteiger partial charge in [0.05, 0.1) is 19.3 Å². The summed E-state index contributed by atoms with van der Waals surface area (Å²) in [5.74, 6) is 3.19. The lowest BCUT2D eigenvalue weighted by molar-refractivity contribution is 0.379. The lowest BCUT2D eigenvalue weighted by Gasteiger charge is -2.14. The zero-order valence-corrected chi connectivity index (χ0v) is 21.1. The summed E-state index contributed by atoms with van der Waals surface area (Å²) in [5, 5.41) is 6.56. The molecule has 0 bridgehead atoms. The van der Waals surface area contributed by atoms with Crippen molar-refractivity contribution in [3.63, 3.8) is 0 Å². The van der Waals surface area contributed by atoms with Gasteiger partial charge in [-0.3, -0.25) is 4.99 Å². The molecular formula is C23H33IN6O. The molecule has 8 heteroatoms. The van der Waals surface area contributed by atoms with E-state index in [4.69, 9.17) is 4.42 Å². The molecule has 31 heavy (non-hydrogen) atoms. The minimum Gasteiger partial charge on any atom is -0.443 e. The van der Waals surface area contributed by atoms with E-state index in [0.717, 1.165) is 31.0 Å². The number of aryl methyl sites for hydroxylation is 2. The van der Waals surface area contributed by atoms with Gasteiger partial charge in [0.1, 0.15) is 11.6 Å². The summed E-state index contributed by atoms with van der Waals surface area (Å²) in [5.41, 5.74) is 1.31. The number of guanidine groups is 1. The van der Waals surface area contributed by atoms with Crippen LogP contribution < -0.4 is 10.6 Å². The lowest BCUT2D eigenvalue weighted by Crippen LogP contribution is -2.37. The van der Waals surface area contributed by atoms with Crippen LogP contribution in [0.5, 0.6) is 0 Å². The molecular weight excluding hydrogens is 503 g/mol. The van der Waals surface area contributed by atoms with Gasteiger partial charge in [-0.15, -0.1) is 24.0 Å². The third kappa shape index (κ3) is 7.68. The average molecular weight is 536 g/mol. The summed E-state index contributed by atoms with van der Waals surface area (Å²) >= 11 is 0. The number of hydrogen-bond donors (Lipinski definition) is 2. The number of oxazole rings is 1. The molecule has 0 amide bonds. The number of nitrogens with zero attached hydrogens (tertiary/aromatic N) is 4. The molecule has 0 fully saturated rings. The van der Waals surface area contributed by atoms with E-state index >= 15 is 0 Å². The molecule has 0 aliphatic heterocycles. The molecule has 2 heterocycles. The molecule has 2 aromatic heterocycles. The summed E-state index contributed by atoms with van der Waals surface area (Å²) in [7, 11) is 1.75. The molecule has 7 nitrogen and oxygen atoms in total. The zero-order chi connectivity index (χ0) is 21.4. The van der Waals surface area contributed by atoms with E-state index in [9.17, 15) is 0 Å². The molecule has 0 aliphatic rings. The lowest BCUT2D eigenvalue weighted by atomic mass is 9.94. The topological polar surface area (TPSA) is 80.3 Å². The number of nitrogens with one attached hydrogen (secondary N) is 2. The Labute approximate surface area is 201 Å². The van der Waals surface area contributed by atoms with Gasteiger partial charge in [-0.05, 0) is 18.4 Å². The van der Waals surface area contributed by atoms with E-state index in [1.165, 1.54) is 5.56 Å². The molecule has 168 valence electrons. The second kappa shape index (κ2) is 11.9. The Bertz CT molecular complexity index is 942. The van der Waals surface area contributed by atoms with Gasteiger partial charge in [0, 0.05) is 31.4 Å². The fourth-order valence-corrected chi connectivity index (χ4v) is 3.09. The maximum absolute atomic E-state index is 5.82. The van der Waals surface area contributed by atoms with Crippen LogP contribution in [-0.2, 0) is 31.5 Å². The average Bonchev–Trinajstić information content (AvgIpc) is 3.38. The highest BCUT2D eigenvalue weighted by atomic mass is 127. The number of imidazole rings is 1. The first-order valence-corrected chi connectivity index (χ1v) is 10.4. The Morgan fingerprint density at radius 3 is 2.52 bits per heavy atom. The van der Waals surface area contributed by atoms with Gasteiger partial charge >= 0.3 is 0 Å². The second-order valence-electron chi connectivity index (χ2n) is 8.27. The number of benzene rings is 1. The van der Waals surface area contributed by atoms with Crippen LogP contribution in [0.4, 0.5) is 0 Å². The van der Waals surface area contributed by atoms with Crippen LogP contribution in [0.2, 0.25) is 0 Å². The van der Waals surface area contributed by atoms with Gasteiger partial charge in [-0.2, -0.15) is 0 Å². The standard InChI is InChI=1S/C23H32N6O.HI/c1-23(2,3)19-15-26-21(30-19)17-28-22(24-4)27-16-20-25-12-14-29(20)13-8-11-18-9-6-5-7-10-18;/h5-7,9-10,12,14-15H,8,11,13,16-17H2,1-4H3,(H2,24,27,28);1H. The van der Waals surface area contributed by atoms with Gasteiger partial charge in [0.15, 0.2) is 5.96 Å². The first-order valence-electron chi connectivity index (χ1n) is 10.4.